The maximum Gasteiger partial charge on any atom is 0.282 e. The minimum Gasteiger partial charge on any atom is -0.330 e. The molecule has 0 aliphatic heterocycles. The minimum atomic E-state index is -0.260. The van der Waals surface area contributed by atoms with Crippen LogP contribution in [0.1, 0.15) is 37.9 Å². The molecule has 0 saturated heterocycles. The van der Waals surface area contributed by atoms with Crippen LogP contribution in [0.25, 0.3) is 0 Å². The van der Waals surface area contributed by atoms with Crippen molar-refractivity contribution >= 4 is 11.6 Å². The van der Waals surface area contributed by atoms with Crippen molar-refractivity contribution < 1.29 is 10.1 Å². The lowest BCUT2D eigenvalue weighted by Gasteiger charge is -2.23. The van der Waals surface area contributed by atoms with E-state index in [-0.39, 0.29) is 18.0 Å². The number of quaternary nitrogens is 1. The van der Waals surface area contributed by atoms with Crippen LogP contribution in [0.4, 0.5) is 5.69 Å². The van der Waals surface area contributed by atoms with E-state index in [0.29, 0.717) is 17.2 Å². The zero-order chi connectivity index (χ0) is 17.5. The quantitative estimate of drug-likeness (QED) is 0.858. The molecule has 0 bridgehead atoms. The molecule has 2 rings (SSSR count). The first kappa shape index (κ1) is 17.7. The highest BCUT2D eigenvalue weighted by molar-refractivity contribution is 5.94. The average Bonchev–Trinajstić information content (AvgIpc) is 2.60. The summed E-state index contributed by atoms with van der Waals surface area (Å²) in [5.41, 5.74) is 2.25. The molecule has 4 nitrogen and oxygen atoms in total. The van der Waals surface area contributed by atoms with Gasteiger partial charge in [0.2, 0.25) is 0 Å². The van der Waals surface area contributed by atoms with E-state index in [2.05, 4.69) is 42.7 Å². The molecule has 0 aliphatic rings. The molecular formula is C20H24N3O+. The van der Waals surface area contributed by atoms with E-state index in [1.54, 1.807) is 18.2 Å². The number of hydrogen-bond acceptors (Lipinski definition) is 2. The normalized spacial score (nSPS) is 13.1. The number of benzene rings is 2. The van der Waals surface area contributed by atoms with Gasteiger partial charge in [0.05, 0.1) is 11.3 Å². The summed E-state index contributed by atoms with van der Waals surface area (Å²) in [7, 11) is 0. The van der Waals surface area contributed by atoms with Crippen LogP contribution in [0.2, 0.25) is 0 Å². The number of nitrogens with one attached hydrogen (secondary N) is 1. The van der Waals surface area contributed by atoms with Crippen LogP contribution >= 0.6 is 0 Å². The molecular weight excluding hydrogens is 298 g/mol. The summed E-state index contributed by atoms with van der Waals surface area (Å²) < 4.78 is 0. The summed E-state index contributed by atoms with van der Waals surface area (Å²) in [6.07, 6.45) is 0. The number of nitrogens with zero attached hydrogens (tertiary/aromatic N) is 1. The average molecular weight is 322 g/mol. The van der Waals surface area contributed by atoms with Gasteiger partial charge in [-0.25, -0.2) is 0 Å². The van der Waals surface area contributed by atoms with Crippen LogP contribution in [0.15, 0.2) is 54.6 Å². The van der Waals surface area contributed by atoms with Gasteiger partial charge in [0.15, 0.2) is 6.04 Å². The Morgan fingerprint density at radius 3 is 2.29 bits per heavy atom. The first-order valence-electron chi connectivity index (χ1n) is 8.23. The Labute approximate surface area is 143 Å². The molecule has 3 N–H and O–H groups in total. The van der Waals surface area contributed by atoms with Crippen molar-refractivity contribution in [3.05, 3.63) is 65.7 Å². The van der Waals surface area contributed by atoms with Gasteiger partial charge in [-0.1, -0.05) is 56.3 Å². The highest BCUT2D eigenvalue weighted by atomic mass is 16.2. The van der Waals surface area contributed by atoms with Gasteiger partial charge in [-0.2, -0.15) is 5.26 Å². The predicted octanol–water partition coefficient (Wildman–Crippen LogP) is 2.85. The molecule has 0 fully saturated rings. The monoisotopic (exact) mass is 322 g/mol. The summed E-state index contributed by atoms with van der Waals surface area (Å²) in [4.78, 5) is 12.5. The number of anilines is 1. The smallest absolute Gasteiger partial charge is 0.282 e. The molecule has 24 heavy (non-hydrogen) atoms. The molecule has 1 amide bonds. The number of carbonyl (C=O) groups is 1. The number of para-hydroxylation sites is 1. The van der Waals surface area contributed by atoms with Crippen LogP contribution in [0.5, 0.6) is 0 Å². The third-order valence-electron chi connectivity index (χ3n) is 4.12. The predicted molar refractivity (Wildman–Crippen MR) is 95.2 cm³/mol. The van der Waals surface area contributed by atoms with Gasteiger partial charge in [0, 0.05) is 11.5 Å². The third kappa shape index (κ3) is 4.43. The number of rotatable bonds is 6. The van der Waals surface area contributed by atoms with Gasteiger partial charge in [-0.3, -0.25) is 4.79 Å². The van der Waals surface area contributed by atoms with Crippen molar-refractivity contribution in [2.45, 2.75) is 32.9 Å². The fourth-order valence-electron chi connectivity index (χ4n) is 2.73. The minimum absolute atomic E-state index is 0.0979. The van der Waals surface area contributed by atoms with Gasteiger partial charge < -0.3 is 10.6 Å². The van der Waals surface area contributed by atoms with E-state index < -0.39 is 0 Å². The van der Waals surface area contributed by atoms with Gasteiger partial charge in [0.25, 0.3) is 5.91 Å². The summed E-state index contributed by atoms with van der Waals surface area (Å²) >= 11 is 0. The SMILES string of the molecule is CC(C)[C@H]([NH2+][C@H](C)C(=O)Nc1ccccc1C#N)c1ccccc1. The Morgan fingerprint density at radius 1 is 1.04 bits per heavy atom. The number of hydrogen-bond donors (Lipinski definition) is 2. The zero-order valence-corrected chi connectivity index (χ0v) is 14.4. The molecule has 0 spiro atoms. The van der Waals surface area contributed by atoms with Gasteiger partial charge >= 0.3 is 0 Å². The second-order valence-corrected chi connectivity index (χ2v) is 6.31. The molecule has 2 aromatic rings. The number of amides is 1. The molecule has 2 aromatic carbocycles. The van der Waals surface area contributed by atoms with E-state index in [0.717, 1.165) is 0 Å². The standard InChI is InChI=1S/C20H23N3O/c1-14(2)19(16-9-5-4-6-10-16)22-15(3)20(24)23-18-12-8-7-11-17(18)13-21/h4-12,14-15,19,22H,1-3H3,(H,23,24)/p+1/t15-,19+/m1/s1. The lowest BCUT2D eigenvalue weighted by molar-refractivity contribution is -0.718. The van der Waals surface area contributed by atoms with Gasteiger partial charge in [-0.05, 0) is 19.1 Å². The maximum atomic E-state index is 12.5. The molecule has 0 saturated carbocycles. The largest absolute Gasteiger partial charge is 0.330 e. The summed E-state index contributed by atoms with van der Waals surface area (Å²) in [6, 6.07) is 19.3. The highest BCUT2D eigenvalue weighted by Gasteiger charge is 2.26. The molecule has 0 radical (unpaired) electrons. The van der Waals surface area contributed by atoms with E-state index in [1.165, 1.54) is 5.56 Å². The van der Waals surface area contributed by atoms with E-state index in [9.17, 15) is 4.79 Å². The number of nitriles is 1. The summed E-state index contributed by atoms with van der Waals surface area (Å²) in [5, 5.41) is 14.1. The Balaban J connectivity index is 2.08. The van der Waals surface area contributed by atoms with Crippen molar-refractivity contribution in [2.75, 3.05) is 5.32 Å². The Morgan fingerprint density at radius 2 is 1.67 bits per heavy atom. The summed E-state index contributed by atoms with van der Waals surface area (Å²) in [5.74, 6) is 0.299. The molecule has 124 valence electrons. The van der Waals surface area contributed by atoms with Crippen LogP contribution in [-0.2, 0) is 4.79 Å². The number of carbonyl (C=O) groups excluding carboxylic acids is 1. The topological polar surface area (TPSA) is 69.5 Å². The lowest BCUT2D eigenvalue weighted by Crippen LogP contribution is -2.93. The van der Waals surface area contributed by atoms with Crippen LogP contribution in [0.3, 0.4) is 0 Å². The second-order valence-electron chi connectivity index (χ2n) is 6.31. The van der Waals surface area contributed by atoms with Crippen molar-refractivity contribution in [3.8, 4) is 6.07 Å². The lowest BCUT2D eigenvalue weighted by atomic mass is 9.95. The van der Waals surface area contributed by atoms with E-state index >= 15 is 0 Å². The fraction of sp³-hybridized carbons (Fsp3) is 0.300. The fourth-order valence-corrected chi connectivity index (χ4v) is 2.73. The molecule has 2 atom stereocenters. The van der Waals surface area contributed by atoms with Gasteiger partial charge in [0.1, 0.15) is 12.1 Å². The van der Waals surface area contributed by atoms with Crippen LogP contribution in [-0.4, -0.2) is 11.9 Å². The van der Waals surface area contributed by atoms with Crippen molar-refractivity contribution in [1.82, 2.24) is 0 Å². The van der Waals surface area contributed by atoms with Crippen molar-refractivity contribution in [3.63, 3.8) is 0 Å². The number of nitrogens with two attached hydrogens (primary N) is 1. The zero-order valence-electron chi connectivity index (χ0n) is 14.4. The molecule has 0 aromatic heterocycles. The first-order valence-corrected chi connectivity index (χ1v) is 8.23. The first-order chi connectivity index (χ1) is 11.5. The van der Waals surface area contributed by atoms with Crippen molar-refractivity contribution in [1.29, 1.82) is 5.26 Å². The Kier molecular flexibility index (Phi) is 6.11. The Hall–Kier alpha value is -2.64. The van der Waals surface area contributed by atoms with Crippen LogP contribution in [0, 0.1) is 17.2 Å². The maximum absolute atomic E-state index is 12.5. The highest BCUT2D eigenvalue weighted by Crippen LogP contribution is 2.18. The summed E-state index contributed by atoms with van der Waals surface area (Å²) in [6.45, 7) is 6.20. The molecule has 0 heterocycles. The third-order valence-corrected chi connectivity index (χ3v) is 4.12. The van der Waals surface area contributed by atoms with Crippen LogP contribution < -0.4 is 10.6 Å². The molecule has 4 heteroatoms. The van der Waals surface area contributed by atoms with E-state index in [1.807, 2.05) is 31.2 Å². The molecule has 0 aliphatic carbocycles. The molecule has 0 unspecified atom stereocenters. The van der Waals surface area contributed by atoms with Gasteiger partial charge in [-0.15, -0.1) is 0 Å². The van der Waals surface area contributed by atoms with Crippen molar-refractivity contribution in [2.24, 2.45) is 5.92 Å². The Bertz CT molecular complexity index is 719. The second kappa shape index (κ2) is 8.28. The van der Waals surface area contributed by atoms with E-state index in [4.69, 9.17) is 5.26 Å².